The number of nitrogens with zero attached hydrogens (tertiary/aromatic N) is 1. The minimum atomic E-state index is -0.568. The summed E-state index contributed by atoms with van der Waals surface area (Å²) in [5, 5.41) is 3.25. The fourth-order valence-corrected chi connectivity index (χ4v) is 6.34. The Balaban J connectivity index is 0.000000554. The fraction of sp³-hybridized carbons (Fsp3) is 0.733. The topological polar surface area (TPSA) is 51.1 Å². The van der Waals surface area contributed by atoms with Crippen LogP contribution in [0.4, 0.5) is 0 Å². The number of Topliss-reactive ketones (excluding diaryl/α,β-unsaturated/α-hetero) is 1. The van der Waals surface area contributed by atoms with E-state index in [1.165, 1.54) is 54.9 Å². The summed E-state index contributed by atoms with van der Waals surface area (Å²) in [5.41, 5.74) is 1.21. The first-order valence-electron chi connectivity index (χ1n) is 14.2. The van der Waals surface area contributed by atoms with E-state index in [9.17, 15) is 9.59 Å². The molecule has 0 aromatic carbocycles. The Kier molecular flexibility index (Phi) is 15.7. The largest absolute Gasteiger partial charge is 0.353 e. The van der Waals surface area contributed by atoms with Crippen molar-refractivity contribution in [3.05, 3.63) is 22.7 Å². The normalized spacial score (nSPS) is 14.0. The van der Waals surface area contributed by atoms with Crippen LogP contribution in [0.25, 0.3) is 10.2 Å². The lowest BCUT2D eigenvalue weighted by Gasteiger charge is -2.30. The van der Waals surface area contributed by atoms with Gasteiger partial charge in [-0.2, -0.15) is 11.8 Å². The van der Waals surface area contributed by atoms with Gasteiger partial charge in [0.15, 0.2) is 5.78 Å². The molecule has 2 heterocycles. The van der Waals surface area contributed by atoms with Gasteiger partial charge in [0.2, 0.25) is 5.91 Å². The first kappa shape index (κ1) is 32.8. The van der Waals surface area contributed by atoms with Gasteiger partial charge in [0.1, 0.15) is 0 Å². The number of aromatic nitrogens is 1. The lowest BCUT2D eigenvalue weighted by molar-refractivity contribution is -0.131. The zero-order valence-corrected chi connectivity index (χ0v) is 25.9. The minimum Gasteiger partial charge on any atom is -0.353 e. The first-order valence-corrected chi connectivity index (χ1v) is 16.2. The Morgan fingerprint density at radius 1 is 1.06 bits per heavy atom. The number of rotatable bonds is 11. The van der Waals surface area contributed by atoms with E-state index in [1.54, 1.807) is 18.3 Å². The van der Waals surface area contributed by atoms with E-state index in [-0.39, 0.29) is 11.7 Å². The Morgan fingerprint density at radius 2 is 1.72 bits per heavy atom. The highest BCUT2D eigenvalue weighted by molar-refractivity contribution is 7.99. The molecule has 0 aliphatic heterocycles. The van der Waals surface area contributed by atoms with Crippen molar-refractivity contribution in [2.75, 3.05) is 11.5 Å². The van der Waals surface area contributed by atoms with Crippen LogP contribution in [0.1, 0.15) is 122 Å². The number of thiophene rings is 1. The summed E-state index contributed by atoms with van der Waals surface area (Å²) in [6.07, 6.45) is 10.9. The molecule has 36 heavy (non-hydrogen) atoms. The third-order valence-electron chi connectivity index (χ3n) is 6.45. The van der Waals surface area contributed by atoms with Crippen molar-refractivity contribution >= 4 is 45.0 Å². The lowest BCUT2D eigenvalue weighted by atomic mass is 9.89. The van der Waals surface area contributed by atoms with Crippen molar-refractivity contribution in [2.45, 2.75) is 126 Å². The number of ketones is 1. The zero-order chi connectivity index (χ0) is 27.1. The molecule has 0 bridgehead atoms. The number of fused-ring (bicyclic) bond motifs is 1. The number of carbonyl (C=O) groups excluding carboxylic acids is 2. The maximum absolute atomic E-state index is 12.9. The third-order valence-corrected chi connectivity index (χ3v) is 8.94. The number of nitrogens with one attached hydrogen (secondary N) is 1. The maximum Gasteiger partial charge on any atom is 0.227 e. The standard InChI is InChI=1S/C21H30N2O2S.C7H16S.C2H6/c1-5-16-11-18-19(26-16)12-17(14(2)24)23(18)13-21(3,4)20(25)22-15-9-7-6-8-10-15;1-3-5-7-8-6-4-2;1-2/h11-12,15H,5-10,13H2,1-4H3,(H,22,25);3-7H2,1-2H3;1-2H3. The lowest BCUT2D eigenvalue weighted by Crippen LogP contribution is -2.45. The van der Waals surface area contributed by atoms with E-state index in [0.29, 0.717) is 18.3 Å². The molecule has 2 aromatic heterocycles. The van der Waals surface area contributed by atoms with Crippen LogP contribution < -0.4 is 5.32 Å². The maximum atomic E-state index is 12.9. The molecule has 0 unspecified atom stereocenters. The average molecular weight is 537 g/mol. The van der Waals surface area contributed by atoms with Crippen LogP contribution in [0.3, 0.4) is 0 Å². The van der Waals surface area contributed by atoms with Crippen molar-refractivity contribution in [2.24, 2.45) is 5.41 Å². The number of carbonyl (C=O) groups is 2. The Hall–Kier alpha value is -1.27. The van der Waals surface area contributed by atoms with Crippen LogP contribution in [0, 0.1) is 5.41 Å². The van der Waals surface area contributed by atoms with Gasteiger partial charge in [0, 0.05) is 24.4 Å². The molecule has 0 radical (unpaired) electrons. The van der Waals surface area contributed by atoms with Gasteiger partial charge in [0.05, 0.1) is 21.3 Å². The SMILES string of the molecule is CC.CCCCSCCC.CCc1cc2c(cc(C(C)=O)n2CC(C)(C)C(=O)NC2CCCCC2)s1. The van der Waals surface area contributed by atoms with Crippen LogP contribution >= 0.6 is 23.1 Å². The van der Waals surface area contributed by atoms with E-state index in [0.717, 1.165) is 29.5 Å². The molecule has 1 amide bonds. The monoisotopic (exact) mass is 536 g/mol. The van der Waals surface area contributed by atoms with Crippen molar-refractivity contribution in [1.82, 2.24) is 9.88 Å². The fourth-order valence-electron chi connectivity index (χ4n) is 4.32. The van der Waals surface area contributed by atoms with Crippen LogP contribution in [0.2, 0.25) is 0 Å². The van der Waals surface area contributed by atoms with Crippen LogP contribution in [0.15, 0.2) is 12.1 Å². The minimum absolute atomic E-state index is 0.0509. The van der Waals surface area contributed by atoms with E-state index >= 15 is 0 Å². The predicted molar refractivity (Wildman–Crippen MR) is 162 cm³/mol. The third kappa shape index (κ3) is 10.2. The smallest absolute Gasteiger partial charge is 0.227 e. The second-order valence-corrected chi connectivity index (χ2v) is 12.5. The summed E-state index contributed by atoms with van der Waals surface area (Å²) in [7, 11) is 0. The van der Waals surface area contributed by atoms with E-state index in [2.05, 4.69) is 43.9 Å². The van der Waals surface area contributed by atoms with Crippen molar-refractivity contribution in [3.63, 3.8) is 0 Å². The Morgan fingerprint density at radius 3 is 2.28 bits per heavy atom. The first-order chi connectivity index (χ1) is 17.2. The van der Waals surface area contributed by atoms with Crippen molar-refractivity contribution < 1.29 is 9.59 Å². The molecule has 1 aliphatic rings. The van der Waals surface area contributed by atoms with Crippen LogP contribution in [-0.2, 0) is 17.8 Å². The molecule has 1 N–H and O–H groups in total. The van der Waals surface area contributed by atoms with Gasteiger partial charge in [-0.1, -0.05) is 60.3 Å². The van der Waals surface area contributed by atoms with Gasteiger partial charge in [-0.15, -0.1) is 11.3 Å². The predicted octanol–water partition coefficient (Wildman–Crippen LogP) is 8.90. The molecule has 0 spiro atoms. The summed E-state index contributed by atoms with van der Waals surface area (Å²) in [4.78, 5) is 26.4. The van der Waals surface area contributed by atoms with Crippen LogP contribution in [0.5, 0.6) is 0 Å². The quantitative estimate of drug-likeness (QED) is 0.230. The highest BCUT2D eigenvalue weighted by Gasteiger charge is 2.32. The molecule has 1 saturated carbocycles. The van der Waals surface area contributed by atoms with E-state index < -0.39 is 5.41 Å². The van der Waals surface area contributed by atoms with E-state index in [1.807, 2.05) is 38.3 Å². The van der Waals surface area contributed by atoms with Crippen LogP contribution in [-0.4, -0.2) is 33.8 Å². The summed E-state index contributed by atoms with van der Waals surface area (Å²) in [5.74, 6) is 2.85. The van der Waals surface area contributed by atoms with Gasteiger partial charge in [-0.3, -0.25) is 9.59 Å². The summed E-state index contributed by atoms with van der Waals surface area (Å²) < 4.78 is 3.18. The number of hydrogen-bond donors (Lipinski definition) is 1. The molecule has 206 valence electrons. The molecule has 0 atom stereocenters. The second-order valence-electron chi connectivity index (χ2n) is 10.1. The van der Waals surface area contributed by atoms with E-state index in [4.69, 9.17) is 0 Å². The van der Waals surface area contributed by atoms with Gasteiger partial charge in [0.25, 0.3) is 0 Å². The van der Waals surface area contributed by atoms with Gasteiger partial charge >= 0.3 is 0 Å². The van der Waals surface area contributed by atoms with Crippen molar-refractivity contribution in [3.8, 4) is 0 Å². The Bertz CT molecular complexity index is 902. The molecule has 0 saturated heterocycles. The van der Waals surface area contributed by atoms with Gasteiger partial charge in [-0.05, 0) is 69.6 Å². The molecule has 1 fully saturated rings. The van der Waals surface area contributed by atoms with Gasteiger partial charge < -0.3 is 9.88 Å². The number of hydrogen-bond acceptors (Lipinski definition) is 4. The molecular weight excluding hydrogens is 484 g/mol. The van der Waals surface area contributed by atoms with Crippen molar-refractivity contribution in [1.29, 1.82) is 0 Å². The summed E-state index contributed by atoms with van der Waals surface area (Å²) >= 11 is 3.82. The molecule has 6 heteroatoms. The zero-order valence-electron chi connectivity index (χ0n) is 24.3. The highest BCUT2D eigenvalue weighted by atomic mass is 32.2. The number of amides is 1. The Labute approximate surface area is 229 Å². The molecule has 4 nitrogen and oxygen atoms in total. The second kappa shape index (κ2) is 17.3. The highest BCUT2D eigenvalue weighted by Crippen LogP contribution is 2.32. The molecule has 2 aromatic rings. The molecule has 3 rings (SSSR count). The average Bonchev–Trinajstić information content (AvgIpc) is 3.43. The summed E-state index contributed by atoms with van der Waals surface area (Å²) in [6, 6.07) is 4.46. The number of unbranched alkanes of at least 4 members (excludes halogenated alkanes) is 1. The molecular formula is C30H52N2O2S2. The number of aryl methyl sites for hydroxylation is 1. The number of thioether (sulfide) groups is 1. The summed E-state index contributed by atoms with van der Waals surface area (Å²) in [6.45, 7) is 16.7. The molecule has 1 aliphatic carbocycles. The van der Waals surface area contributed by atoms with Gasteiger partial charge in [-0.25, -0.2) is 0 Å².